The molecule has 0 amide bonds. The summed E-state index contributed by atoms with van der Waals surface area (Å²) in [5, 5.41) is 0. The highest BCUT2D eigenvalue weighted by Crippen LogP contribution is 2.34. The molecule has 0 aliphatic carbocycles. The maximum absolute atomic E-state index is 14.1. The van der Waals surface area contributed by atoms with E-state index in [4.69, 9.17) is 9.29 Å². The maximum atomic E-state index is 14.1. The fourth-order valence-corrected chi connectivity index (χ4v) is 3.11. The zero-order valence-corrected chi connectivity index (χ0v) is 19.0. The van der Waals surface area contributed by atoms with Gasteiger partial charge in [-0.3, -0.25) is 9.35 Å². The van der Waals surface area contributed by atoms with E-state index in [0.717, 1.165) is 12.1 Å². The summed E-state index contributed by atoms with van der Waals surface area (Å²) in [4.78, 5) is 22.3. The first-order valence-electron chi connectivity index (χ1n) is 8.69. The molecule has 0 fully saturated rings. The smallest absolute Gasteiger partial charge is 0.343 e. The standard InChI is InChI=1S/C19H15BrF4O7S/c1-4-19(2,3)18(26)30-10-7-8(5-6-9(10)20)17(25)31-15-11(21)13(23)16(32(27,28)29)14(24)12(15)22/h5-7H,4H2,1-3H3,(H,27,28,29). The van der Waals surface area contributed by atoms with Crippen LogP contribution in [0.4, 0.5) is 17.6 Å². The van der Waals surface area contributed by atoms with Crippen LogP contribution in [0.1, 0.15) is 37.6 Å². The van der Waals surface area contributed by atoms with E-state index >= 15 is 0 Å². The highest BCUT2D eigenvalue weighted by Gasteiger charge is 2.34. The van der Waals surface area contributed by atoms with E-state index in [0.29, 0.717) is 6.42 Å². The third kappa shape index (κ3) is 5.10. The second kappa shape index (κ2) is 9.16. The first-order chi connectivity index (χ1) is 14.6. The van der Waals surface area contributed by atoms with E-state index in [1.165, 1.54) is 6.07 Å². The molecule has 0 saturated carbocycles. The Morgan fingerprint density at radius 3 is 2.03 bits per heavy atom. The minimum absolute atomic E-state index is 0.147. The van der Waals surface area contributed by atoms with Crippen LogP contribution in [0.3, 0.4) is 0 Å². The summed E-state index contributed by atoms with van der Waals surface area (Å²) < 4.78 is 96.5. The van der Waals surface area contributed by atoms with Crippen molar-refractivity contribution >= 4 is 38.0 Å². The van der Waals surface area contributed by atoms with E-state index < -0.39 is 66.9 Å². The summed E-state index contributed by atoms with van der Waals surface area (Å²) in [5.41, 5.74) is -1.30. The van der Waals surface area contributed by atoms with E-state index in [2.05, 4.69) is 20.7 Å². The Balaban J connectivity index is 2.44. The number of rotatable bonds is 6. The first kappa shape index (κ1) is 25.7. The summed E-state index contributed by atoms with van der Waals surface area (Å²) in [6.07, 6.45) is 0.431. The van der Waals surface area contributed by atoms with Gasteiger partial charge in [0.1, 0.15) is 5.75 Å². The number of carbonyl (C=O) groups excluding carboxylic acids is 2. The molecule has 0 spiro atoms. The number of carbonyl (C=O) groups is 2. The molecule has 13 heteroatoms. The van der Waals surface area contributed by atoms with E-state index in [9.17, 15) is 35.6 Å². The molecule has 174 valence electrons. The molecule has 0 aliphatic heterocycles. The van der Waals surface area contributed by atoms with Crippen LogP contribution in [0.2, 0.25) is 0 Å². The second-order valence-corrected chi connectivity index (χ2v) is 9.26. The van der Waals surface area contributed by atoms with Gasteiger partial charge in [-0.25, -0.2) is 13.6 Å². The highest BCUT2D eigenvalue weighted by atomic mass is 79.9. The Bertz CT molecular complexity index is 1180. The van der Waals surface area contributed by atoms with Crippen molar-refractivity contribution < 1.29 is 49.6 Å². The third-order valence-corrected chi connectivity index (χ3v) is 5.97. The Morgan fingerprint density at radius 1 is 1.03 bits per heavy atom. The first-order valence-corrected chi connectivity index (χ1v) is 10.9. The number of halogens is 5. The van der Waals surface area contributed by atoms with Crippen molar-refractivity contribution in [3.8, 4) is 11.5 Å². The van der Waals surface area contributed by atoms with Crippen LogP contribution >= 0.6 is 15.9 Å². The van der Waals surface area contributed by atoms with Gasteiger partial charge in [-0.05, 0) is 54.4 Å². The zero-order chi connectivity index (χ0) is 24.6. The molecule has 0 saturated heterocycles. The van der Waals surface area contributed by atoms with Gasteiger partial charge in [-0.1, -0.05) is 6.92 Å². The number of hydrogen-bond acceptors (Lipinski definition) is 6. The van der Waals surface area contributed by atoms with Crippen molar-refractivity contribution in [2.24, 2.45) is 5.41 Å². The summed E-state index contributed by atoms with van der Waals surface area (Å²) in [6.45, 7) is 4.98. The Labute approximate surface area is 188 Å². The molecule has 0 atom stereocenters. The lowest BCUT2D eigenvalue weighted by Gasteiger charge is -2.20. The van der Waals surface area contributed by atoms with Crippen molar-refractivity contribution in [2.45, 2.75) is 32.1 Å². The van der Waals surface area contributed by atoms with Crippen LogP contribution in [0.25, 0.3) is 0 Å². The summed E-state index contributed by atoms with van der Waals surface area (Å²) in [6, 6.07) is 3.31. The fourth-order valence-electron chi connectivity index (χ4n) is 2.15. The molecule has 2 rings (SSSR count). The van der Waals surface area contributed by atoms with Gasteiger partial charge in [0, 0.05) is 0 Å². The Morgan fingerprint density at radius 2 is 1.56 bits per heavy atom. The summed E-state index contributed by atoms with van der Waals surface area (Å²) >= 11 is 3.10. The van der Waals surface area contributed by atoms with Gasteiger partial charge in [-0.2, -0.15) is 17.2 Å². The van der Waals surface area contributed by atoms with E-state index in [-0.39, 0.29) is 10.2 Å². The summed E-state index contributed by atoms with van der Waals surface area (Å²) in [7, 11) is -5.67. The van der Waals surface area contributed by atoms with Gasteiger partial charge in [0.2, 0.25) is 17.4 Å². The molecule has 0 aromatic heterocycles. The highest BCUT2D eigenvalue weighted by molar-refractivity contribution is 9.10. The summed E-state index contributed by atoms with van der Waals surface area (Å²) in [5.74, 6) is -13.9. The number of hydrogen-bond donors (Lipinski definition) is 1. The monoisotopic (exact) mass is 542 g/mol. The largest absolute Gasteiger partial charge is 0.425 e. The van der Waals surface area contributed by atoms with Gasteiger partial charge < -0.3 is 9.47 Å². The lowest BCUT2D eigenvalue weighted by Crippen LogP contribution is -2.28. The van der Waals surface area contributed by atoms with Crippen LogP contribution in [0, 0.1) is 28.7 Å². The molecular formula is C19H15BrF4O7S. The predicted molar refractivity (Wildman–Crippen MR) is 105 cm³/mol. The van der Waals surface area contributed by atoms with Crippen molar-refractivity contribution in [1.29, 1.82) is 0 Å². The Kier molecular flexibility index (Phi) is 7.37. The number of ether oxygens (including phenoxy) is 2. The van der Waals surface area contributed by atoms with Crippen molar-refractivity contribution in [1.82, 2.24) is 0 Å². The Hall–Kier alpha value is -2.51. The lowest BCUT2D eigenvalue weighted by molar-refractivity contribution is -0.144. The average molecular weight is 543 g/mol. The zero-order valence-electron chi connectivity index (χ0n) is 16.6. The van der Waals surface area contributed by atoms with Crippen LogP contribution in [-0.4, -0.2) is 24.9 Å². The molecule has 0 aliphatic rings. The third-order valence-electron chi connectivity index (χ3n) is 4.44. The van der Waals surface area contributed by atoms with Crippen LogP contribution in [-0.2, 0) is 14.9 Å². The molecular weight excluding hydrogens is 528 g/mol. The molecule has 32 heavy (non-hydrogen) atoms. The second-order valence-electron chi connectivity index (χ2n) is 7.05. The van der Waals surface area contributed by atoms with Gasteiger partial charge in [0.05, 0.1) is 15.5 Å². The minimum atomic E-state index is -5.67. The molecule has 0 heterocycles. The molecule has 0 unspecified atom stereocenters. The predicted octanol–water partition coefficient (Wildman–Crippen LogP) is 4.81. The average Bonchev–Trinajstić information content (AvgIpc) is 2.70. The van der Waals surface area contributed by atoms with Gasteiger partial charge >= 0.3 is 22.1 Å². The van der Waals surface area contributed by atoms with E-state index in [1.807, 2.05) is 0 Å². The van der Waals surface area contributed by atoms with Crippen molar-refractivity contribution in [3.63, 3.8) is 0 Å². The van der Waals surface area contributed by atoms with Crippen molar-refractivity contribution in [2.75, 3.05) is 0 Å². The fraction of sp³-hybridized carbons (Fsp3) is 0.263. The molecule has 0 radical (unpaired) electrons. The van der Waals surface area contributed by atoms with Crippen LogP contribution in [0.5, 0.6) is 11.5 Å². The topological polar surface area (TPSA) is 107 Å². The minimum Gasteiger partial charge on any atom is -0.425 e. The maximum Gasteiger partial charge on any atom is 0.343 e. The number of esters is 2. The molecule has 2 aromatic rings. The van der Waals surface area contributed by atoms with Crippen molar-refractivity contribution in [3.05, 3.63) is 51.5 Å². The molecule has 7 nitrogen and oxygen atoms in total. The number of benzene rings is 2. The normalized spacial score (nSPS) is 11.9. The molecule has 1 N–H and O–H groups in total. The molecule has 2 aromatic carbocycles. The van der Waals surface area contributed by atoms with Gasteiger partial charge in [0.15, 0.2) is 16.5 Å². The van der Waals surface area contributed by atoms with E-state index in [1.54, 1.807) is 20.8 Å². The van der Waals surface area contributed by atoms with Gasteiger partial charge in [0.25, 0.3) is 0 Å². The van der Waals surface area contributed by atoms with Gasteiger partial charge in [-0.15, -0.1) is 0 Å². The van der Waals surface area contributed by atoms with Crippen LogP contribution in [0.15, 0.2) is 27.6 Å². The van der Waals surface area contributed by atoms with Crippen LogP contribution < -0.4 is 9.47 Å². The lowest BCUT2D eigenvalue weighted by atomic mass is 9.91. The molecule has 0 bridgehead atoms. The SMILES string of the molecule is CCC(C)(C)C(=O)Oc1cc(C(=O)Oc2c(F)c(F)c(S(=O)(=O)O)c(F)c2F)ccc1Br. The quantitative estimate of drug-likeness (QED) is 0.183.